The van der Waals surface area contributed by atoms with Gasteiger partial charge in [-0.05, 0) is 37.6 Å². The number of carbonyl (C=O) groups excluding carboxylic acids is 2. The van der Waals surface area contributed by atoms with Crippen molar-refractivity contribution in [2.75, 3.05) is 11.9 Å². The highest BCUT2D eigenvalue weighted by atomic mass is 16.5. The molecule has 0 atom stereocenters. The maximum atomic E-state index is 12.3. The lowest BCUT2D eigenvalue weighted by atomic mass is 10.1. The number of aryl methyl sites for hydroxylation is 1. The van der Waals surface area contributed by atoms with E-state index in [4.69, 9.17) is 13.9 Å². The number of hydrogen-bond donors (Lipinski definition) is 1. The predicted molar refractivity (Wildman–Crippen MR) is 103 cm³/mol. The van der Waals surface area contributed by atoms with Crippen LogP contribution in [0, 0.1) is 6.92 Å². The second-order valence-electron chi connectivity index (χ2n) is 6.04. The molecule has 0 aliphatic carbocycles. The molecular formula is C21H19NO6. The molecule has 0 bridgehead atoms. The Labute approximate surface area is 160 Å². The molecule has 0 saturated heterocycles. The zero-order valence-corrected chi connectivity index (χ0v) is 15.5. The van der Waals surface area contributed by atoms with E-state index in [1.807, 2.05) is 19.1 Å². The minimum atomic E-state index is -0.604. The normalized spacial score (nSPS) is 10.5. The standard InChI is InChI=1S/C21H19NO6/c1-3-26-21(25)22-15-8-9-17-14(10-19(23)28-18(17)11-15)12-27-20(24)16-7-5-4-6-13(16)2/h4-11H,3,12H2,1-2H3,(H,22,25). The maximum Gasteiger partial charge on any atom is 0.411 e. The molecule has 28 heavy (non-hydrogen) atoms. The second kappa shape index (κ2) is 8.39. The summed E-state index contributed by atoms with van der Waals surface area (Å²) in [6, 6.07) is 13.2. The zero-order chi connectivity index (χ0) is 20.1. The van der Waals surface area contributed by atoms with E-state index >= 15 is 0 Å². The average molecular weight is 381 g/mol. The van der Waals surface area contributed by atoms with Gasteiger partial charge >= 0.3 is 17.7 Å². The predicted octanol–water partition coefficient (Wildman–Crippen LogP) is 4.03. The Morgan fingerprint density at radius 2 is 1.86 bits per heavy atom. The first-order valence-electron chi connectivity index (χ1n) is 8.71. The number of benzene rings is 2. The van der Waals surface area contributed by atoms with Gasteiger partial charge in [0.2, 0.25) is 0 Å². The Balaban J connectivity index is 1.83. The molecule has 1 aromatic heterocycles. The molecule has 0 aliphatic rings. The summed E-state index contributed by atoms with van der Waals surface area (Å²) in [7, 11) is 0. The molecule has 0 unspecified atom stereocenters. The van der Waals surface area contributed by atoms with Crippen LogP contribution in [0.3, 0.4) is 0 Å². The van der Waals surface area contributed by atoms with E-state index in [0.29, 0.717) is 22.2 Å². The summed E-state index contributed by atoms with van der Waals surface area (Å²) in [5, 5.41) is 3.15. The molecule has 1 N–H and O–H groups in total. The fourth-order valence-corrected chi connectivity index (χ4v) is 2.74. The lowest BCUT2D eigenvalue weighted by molar-refractivity contribution is 0.0473. The van der Waals surface area contributed by atoms with Crippen molar-refractivity contribution < 1.29 is 23.5 Å². The SMILES string of the molecule is CCOC(=O)Nc1ccc2c(COC(=O)c3ccccc3C)cc(=O)oc2c1. The van der Waals surface area contributed by atoms with Crippen molar-refractivity contribution in [1.82, 2.24) is 0 Å². The quantitative estimate of drug-likeness (QED) is 0.530. The third-order valence-electron chi connectivity index (χ3n) is 4.08. The van der Waals surface area contributed by atoms with Crippen LogP contribution in [0.5, 0.6) is 0 Å². The minimum absolute atomic E-state index is 0.0834. The van der Waals surface area contributed by atoms with Crippen molar-refractivity contribution in [2.24, 2.45) is 0 Å². The number of fused-ring (bicyclic) bond motifs is 1. The van der Waals surface area contributed by atoms with E-state index in [1.54, 1.807) is 31.2 Å². The zero-order valence-electron chi connectivity index (χ0n) is 15.5. The number of esters is 1. The Kier molecular flexibility index (Phi) is 5.74. The molecule has 3 rings (SSSR count). The lowest BCUT2D eigenvalue weighted by Crippen LogP contribution is -2.13. The van der Waals surface area contributed by atoms with Crippen molar-refractivity contribution in [3.63, 3.8) is 0 Å². The number of rotatable bonds is 5. The van der Waals surface area contributed by atoms with Gasteiger partial charge in [-0.2, -0.15) is 0 Å². The summed E-state index contributed by atoms with van der Waals surface area (Å²) in [5.41, 5.74) is 1.89. The summed E-state index contributed by atoms with van der Waals surface area (Å²) < 4.78 is 15.4. The first-order chi connectivity index (χ1) is 13.5. The number of anilines is 1. The van der Waals surface area contributed by atoms with Crippen LogP contribution in [0.1, 0.15) is 28.4 Å². The van der Waals surface area contributed by atoms with Crippen LogP contribution >= 0.6 is 0 Å². The van der Waals surface area contributed by atoms with E-state index in [9.17, 15) is 14.4 Å². The van der Waals surface area contributed by atoms with Crippen molar-refractivity contribution in [3.05, 3.63) is 75.6 Å². The van der Waals surface area contributed by atoms with E-state index in [0.717, 1.165) is 5.56 Å². The molecule has 7 nitrogen and oxygen atoms in total. The summed E-state index contributed by atoms with van der Waals surface area (Å²) in [4.78, 5) is 35.7. The molecule has 0 radical (unpaired) electrons. The molecule has 0 saturated carbocycles. The summed E-state index contributed by atoms with van der Waals surface area (Å²) >= 11 is 0. The number of carbonyl (C=O) groups is 2. The average Bonchev–Trinajstić information content (AvgIpc) is 2.66. The monoisotopic (exact) mass is 381 g/mol. The third-order valence-corrected chi connectivity index (χ3v) is 4.08. The van der Waals surface area contributed by atoms with Crippen LogP contribution in [0.15, 0.2) is 57.7 Å². The smallest absolute Gasteiger partial charge is 0.411 e. The Hall–Kier alpha value is -3.61. The topological polar surface area (TPSA) is 94.8 Å². The first kappa shape index (κ1) is 19.2. The van der Waals surface area contributed by atoms with E-state index in [2.05, 4.69) is 5.32 Å². The van der Waals surface area contributed by atoms with Crippen molar-refractivity contribution in [1.29, 1.82) is 0 Å². The summed E-state index contributed by atoms with van der Waals surface area (Å²) in [5.74, 6) is -0.472. The molecular weight excluding hydrogens is 362 g/mol. The van der Waals surface area contributed by atoms with Crippen molar-refractivity contribution in [3.8, 4) is 0 Å². The summed E-state index contributed by atoms with van der Waals surface area (Å²) in [6.07, 6.45) is -0.604. The lowest BCUT2D eigenvalue weighted by Gasteiger charge is -2.10. The van der Waals surface area contributed by atoms with Gasteiger partial charge in [0, 0.05) is 28.8 Å². The van der Waals surface area contributed by atoms with Gasteiger partial charge in [-0.15, -0.1) is 0 Å². The first-order valence-corrected chi connectivity index (χ1v) is 8.71. The number of amides is 1. The van der Waals surface area contributed by atoms with Gasteiger partial charge in [-0.3, -0.25) is 5.32 Å². The van der Waals surface area contributed by atoms with Gasteiger partial charge < -0.3 is 13.9 Å². The van der Waals surface area contributed by atoms with Crippen LogP contribution in [0.4, 0.5) is 10.5 Å². The molecule has 2 aromatic carbocycles. The molecule has 144 valence electrons. The highest BCUT2D eigenvalue weighted by molar-refractivity contribution is 5.92. The number of hydrogen-bond acceptors (Lipinski definition) is 6. The van der Waals surface area contributed by atoms with Crippen molar-refractivity contribution >= 4 is 28.7 Å². The largest absolute Gasteiger partial charge is 0.457 e. The Morgan fingerprint density at radius 3 is 2.61 bits per heavy atom. The van der Waals surface area contributed by atoms with Gasteiger partial charge in [-0.1, -0.05) is 18.2 Å². The van der Waals surface area contributed by atoms with Gasteiger partial charge in [-0.25, -0.2) is 14.4 Å². The molecule has 0 fully saturated rings. The van der Waals surface area contributed by atoms with Gasteiger partial charge in [0.25, 0.3) is 0 Å². The Bertz CT molecular complexity index is 1090. The van der Waals surface area contributed by atoms with E-state index < -0.39 is 17.7 Å². The third kappa shape index (κ3) is 4.37. The molecule has 0 aliphatic heterocycles. The van der Waals surface area contributed by atoms with Crippen LogP contribution in [-0.4, -0.2) is 18.7 Å². The van der Waals surface area contributed by atoms with Crippen LogP contribution in [-0.2, 0) is 16.1 Å². The molecule has 1 heterocycles. The highest BCUT2D eigenvalue weighted by Crippen LogP contribution is 2.22. The van der Waals surface area contributed by atoms with Gasteiger partial charge in [0.1, 0.15) is 12.2 Å². The van der Waals surface area contributed by atoms with E-state index in [-0.39, 0.29) is 18.8 Å². The molecule has 7 heteroatoms. The molecule has 1 amide bonds. The molecule has 0 spiro atoms. The fourth-order valence-electron chi connectivity index (χ4n) is 2.74. The fraction of sp³-hybridized carbons (Fsp3) is 0.190. The van der Waals surface area contributed by atoms with E-state index in [1.165, 1.54) is 12.1 Å². The van der Waals surface area contributed by atoms with Crippen LogP contribution in [0.25, 0.3) is 11.0 Å². The van der Waals surface area contributed by atoms with Crippen LogP contribution in [0.2, 0.25) is 0 Å². The highest BCUT2D eigenvalue weighted by Gasteiger charge is 2.13. The Morgan fingerprint density at radius 1 is 1.07 bits per heavy atom. The summed E-state index contributed by atoms with van der Waals surface area (Å²) in [6.45, 7) is 3.68. The van der Waals surface area contributed by atoms with Gasteiger partial charge in [0.05, 0.1) is 12.2 Å². The van der Waals surface area contributed by atoms with Crippen LogP contribution < -0.4 is 10.9 Å². The van der Waals surface area contributed by atoms with Crippen molar-refractivity contribution in [2.45, 2.75) is 20.5 Å². The maximum absolute atomic E-state index is 12.3. The number of nitrogens with one attached hydrogen (secondary N) is 1. The second-order valence-corrected chi connectivity index (χ2v) is 6.04. The van der Waals surface area contributed by atoms with Gasteiger partial charge in [0.15, 0.2) is 0 Å². The minimum Gasteiger partial charge on any atom is -0.457 e. The number of ether oxygens (including phenoxy) is 2. The molecule has 3 aromatic rings.